The first kappa shape index (κ1) is 23.0. The van der Waals surface area contributed by atoms with Crippen LogP contribution in [0.4, 0.5) is 5.69 Å². The number of rotatable bonds is 9. The normalized spacial score (nSPS) is 10.6. The number of carbonyl (C=O) groups is 2. The van der Waals surface area contributed by atoms with Crippen molar-refractivity contribution in [2.24, 2.45) is 5.10 Å². The van der Waals surface area contributed by atoms with Gasteiger partial charge >= 0.3 is 0 Å². The Morgan fingerprint density at radius 2 is 1.62 bits per heavy atom. The second-order valence-corrected chi connectivity index (χ2v) is 7.56. The highest BCUT2D eigenvalue weighted by Gasteiger charge is 2.10. The quantitative estimate of drug-likeness (QED) is 0.259. The Balaban J connectivity index is 1.42. The lowest BCUT2D eigenvalue weighted by Crippen LogP contribution is -2.24. The molecule has 0 saturated carbocycles. The minimum Gasteiger partial charge on any atom is -0.497 e. The average Bonchev–Trinajstić information content (AvgIpc) is 2.80. The maximum Gasteiger partial charge on any atom is 0.249 e. The minimum atomic E-state index is -0.509. The molecule has 0 heterocycles. The molecular formula is C24H22BrN3O4. The minimum absolute atomic E-state index is 0.336. The van der Waals surface area contributed by atoms with Gasteiger partial charge in [-0.15, -0.1) is 0 Å². The molecule has 0 bridgehead atoms. The number of amides is 2. The smallest absolute Gasteiger partial charge is 0.249 e. The van der Waals surface area contributed by atoms with E-state index in [0.29, 0.717) is 18.0 Å². The van der Waals surface area contributed by atoms with Crippen molar-refractivity contribution in [3.05, 3.63) is 88.4 Å². The first-order valence-corrected chi connectivity index (χ1v) is 10.5. The van der Waals surface area contributed by atoms with Crippen LogP contribution in [-0.2, 0) is 16.2 Å². The molecule has 0 unspecified atom stereocenters. The summed E-state index contributed by atoms with van der Waals surface area (Å²) in [6.45, 7) is 0.440. The van der Waals surface area contributed by atoms with Gasteiger partial charge in [0.2, 0.25) is 11.8 Å². The molecule has 0 fully saturated rings. The van der Waals surface area contributed by atoms with Gasteiger partial charge in [0.15, 0.2) is 0 Å². The molecular weight excluding hydrogens is 474 g/mol. The van der Waals surface area contributed by atoms with Crippen molar-refractivity contribution in [1.29, 1.82) is 0 Å². The van der Waals surface area contributed by atoms with Crippen LogP contribution < -0.4 is 20.2 Å². The molecule has 3 aromatic carbocycles. The van der Waals surface area contributed by atoms with E-state index in [0.717, 1.165) is 21.3 Å². The molecule has 2 N–H and O–H groups in total. The number of para-hydroxylation sites is 1. The summed E-state index contributed by atoms with van der Waals surface area (Å²) < 4.78 is 11.6. The van der Waals surface area contributed by atoms with Crippen LogP contribution in [0.2, 0.25) is 0 Å². The number of carbonyl (C=O) groups excluding carboxylic acids is 2. The molecule has 0 radical (unpaired) electrons. The van der Waals surface area contributed by atoms with Crippen LogP contribution in [0.5, 0.6) is 11.5 Å². The standard InChI is InChI=1S/C24H22BrN3O4/c1-31-19-10-8-18(9-11-19)16-32-20-12-6-17(7-13-20)15-26-28-24(30)14-23(29)27-22-5-3-2-4-21(22)25/h2-13,15H,14,16H2,1H3,(H,27,29)(H,28,30). The van der Waals surface area contributed by atoms with Crippen molar-refractivity contribution < 1.29 is 19.1 Å². The van der Waals surface area contributed by atoms with Gasteiger partial charge in [-0.2, -0.15) is 5.10 Å². The van der Waals surface area contributed by atoms with Crippen LogP contribution in [0.3, 0.4) is 0 Å². The van der Waals surface area contributed by atoms with E-state index in [1.165, 1.54) is 6.21 Å². The maximum atomic E-state index is 12.0. The zero-order chi connectivity index (χ0) is 22.8. The van der Waals surface area contributed by atoms with Gasteiger partial charge in [-0.05, 0) is 75.6 Å². The van der Waals surface area contributed by atoms with Gasteiger partial charge in [0, 0.05) is 4.47 Å². The Bertz CT molecular complexity index is 1080. The van der Waals surface area contributed by atoms with Gasteiger partial charge in [-0.1, -0.05) is 24.3 Å². The summed E-state index contributed by atoms with van der Waals surface area (Å²) in [5.74, 6) is 0.577. The van der Waals surface area contributed by atoms with Crippen molar-refractivity contribution in [2.75, 3.05) is 12.4 Å². The summed E-state index contributed by atoms with van der Waals surface area (Å²) in [5, 5.41) is 6.56. The highest BCUT2D eigenvalue weighted by Crippen LogP contribution is 2.21. The fourth-order valence-electron chi connectivity index (χ4n) is 2.66. The molecule has 0 aliphatic carbocycles. The first-order valence-electron chi connectivity index (χ1n) is 9.75. The summed E-state index contributed by atoms with van der Waals surface area (Å²) >= 11 is 3.34. The topological polar surface area (TPSA) is 89.0 Å². The summed E-state index contributed by atoms with van der Waals surface area (Å²) in [7, 11) is 1.63. The maximum absolute atomic E-state index is 12.0. The van der Waals surface area contributed by atoms with Crippen LogP contribution in [0.1, 0.15) is 17.5 Å². The second-order valence-electron chi connectivity index (χ2n) is 6.70. The molecule has 32 heavy (non-hydrogen) atoms. The highest BCUT2D eigenvalue weighted by atomic mass is 79.9. The van der Waals surface area contributed by atoms with E-state index in [9.17, 15) is 9.59 Å². The van der Waals surface area contributed by atoms with Crippen molar-refractivity contribution >= 4 is 39.6 Å². The fourth-order valence-corrected chi connectivity index (χ4v) is 3.04. The van der Waals surface area contributed by atoms with Crippen molar-refractivity contribution in [2.45, 2.75) is 13.0 Å². The molecule has 164 valence electrons. The van der Waals surface area contributed by atoms with E-state index in [-0.39, 0.29) is 6.42 Å². The Kier molecular flexibility index (Phi) is 8.39. The predicted octanol–water partition coefficient (Wildman–Crippen LogP) is 4.52. The summed E-state index contributed by atoms with van der Waals surface area (Å²) in [6, 6.07) is 22.1. The molecule has 0 atom stereocenters. The van der Waals surface area contributed by atoms with E-state index < -0.39 is 11.8 Å². The van der Waals surface area contributed by atoms with E-state index in [4.69, 9.17) is 9.47 Å². The highest BCUT2D eigenvalue weighted by molar-refractivity contribution is 9.10. The molecule has 2 amide bonds. The second kappa shape index (κ2) is 11.7. The SMILES string of the molecule is COc1ccc(COc2ccc(C=NNC(=O)CC(=O)Nc3ccccc3Br)cc2)cc1. The largest absolute Gasteiger partial charge is 0.497 e. The number of ether oxygens (including phenoxy) is 2. The zero-order valence-corrected chi connectivity index (χ0v) is 19.0. The van der Waals surface area contributed by atoms with E-state index in [1.54, 1.807) is 25.3 Å². The molecule has 3 aromatic rings. The number of nitrogens with zero attached hydrogens (tertiary/aromatic N) is 1. The Labute approximate surface area is 194 Å². The molecule has 0 aromatic heterocycles. The average molecular weight is 496 g/mol. The molecule has 8 heteroatoms. The molecule has 0 aliphatic heterocycles. The predicted molar refractivity (Wildman–Crippen MR) is 127 cm³/mol. The number of hydrogen-bond acceptors (Lipinski definition) is 5. The number of benzene rings is 3. The molecule has 3 rings (SSSR count). The van der Waals surface area contributed by atoms with Gasteiger partial charge < -0.3 is 14.8 Å². The number of nitrogens with one attached hydrogen (secondary N) is 2. The monoisotopic (exact) mass is 495 g/mol. The van der Waals surface area contributed by atoms with Crippen LogP contribution in [0, 0.1) is 0 Å². The molecule has 0 saturated heterocycles. The van der Waals surface area contributed by atoms with Gasteiger partial charge in [-0.25, -0.2) is 5.43 Å². The third-order valence-electron chi connectivity index (χ3n) is 4.32. The number of hydrazone groups is 1. The lowest BCUT2D eigenvalue weighted by molar-refractivity contribution is -0.126. The van der Waals surface area contributed by atoms with Crippen molar-refractivity contribution in [3.8, 4) is 11.5 Å². The van der Waals surface area contributed by atoms with Crippen molar-refractivity contribution in [1.82, 2.24) is 5.43 Å². The molecule has 0 aliphatic rings. The summed E-state index contributed by atoms with van der Waals surface area (Å²) in [6.07, 6.45) is 1.16. The van der Waals surface area contributed by atoms with Crippen LogP contribution in [-0.4, -0.2) is 25.1 Å². The zero-order valence-electron chi connectivity index (χ0n) is 17.4. The van der Waals surface area contributed by atoms with Crippen LogP contribution >= 0.6 is 15.9 Å². The summed E-state index contributed by atoms with van der Waals surface area (Å²) in [4.78, 5) is 23.9. The lowest BCUT2D eigenvalue weighted by atomic mass is 10.2. The third-order valence-corrected chi connectivity index (χ3v) is 5.01. The van der Waals surface area contributed by atoms with Gasteiger partial charge in [0.05, 0.1) is 19.0 Å². The van der Waals surface area contributed by atoms with E-state index in [2.05, 4.69) is 31.8 Å². The lowest BCUT2D eigenvalue weighted by Gasteiger charge is -2.07. The Morgan fingerprint density at radius 1 is 0.938 bits per heavy atom. The number of methoxy groups -OCH3 is 1. The first-order chi connectivity index (χ1) is 15.5. The number of anilines is 1. The van der Waals surface area contributed by atoms with Gasteiger partial charge in [-0.3, -0.25) is 9.59 Å². The Hall–Kier alpha value is -3.65. The third kappa shape index (κ3) is 7.24. The molecule has 7 nitrogen and oxygen atoms in total. The van der Waals surface area contributed by atoms with E-state index >= 15 is 0 Å². The summed E-state index contributed by atoms with van der Waals surface area (Å²) in [5.41, 5.74) is 4.76. The van der Waals surface area contributed by atoms with Crippen LogP contribution in [0.15, 0.2) is 82.4 Å². The van der Waals surface area contributed by atoms with Gasteiger partial charge in [0.25, 0.3) is 0 Å². The number of hydrogen-bond donors (Lipinski definition) is 2. The Morgan fingerprint density at radius 3 is 2.31 bits per heavy atom. The van der Waals surface area contributed by atoms with E-state index in [1.807, 2.05) is 54.6 Å². The van der Waals surface area contributed by atoms with Gasteiger partial charge in [0.1, 0.15) is 24.5 Å². The molecule has 0 spiro atoms. The number of halogens is 1. The fraction of sp³-hybridized carbons (Fsp3) is 0.125. The van der Waals surface area contributed by atoms with Crippen molar-refractivity contribution in [3.63, 3.8) is 0 Å². The van der Waals surface area contributed by atoms with Crippen LogP contribution in [0.25, 0.3) is 0 Å².